The molecule has 0 aliphatic heterocycles. The van der Waals surface area contributed by atoms with Gasteiger partial charge in [0.1, 0.15) is 17.3 Å². The summed E-state index contributed by atoms with van der Waals surface area (Å²) in [6.07, 6.45) is 1.80. The van der Waals surface area contributed by atoms with Crippen molar-refractivity contribution < 1.29 is 18.2 Å². The number of pyridine rings is 1. The van der Waals surface area contributed by atoms with Crippen molar-refractivity contribution in [2.45, 2.75) is 4.90 Å². The Kier molecular flexibility index (Phi) is 7.02. The summed E-state index contributed by atoms with van der Waals surface area (Å²) in [4.78, 5) is 0.467. The second-order valence-electron chi connectivity index (χ2n) is 6.14. The van der Waals surface area contributed by atoms with Gasteiger partial charge in [-0.2, -0.15) is 9.83 Å². The molecule has 0 saturated heterocycles. The Hall–Kier alpha value is -2.14. The first-order valence-electron chi connectivity index (χ1n) is 8.80. The number of aromatic nitrogens is 1. The Morgan fingerprint density at radius 3 is 2.20 bits per heavy atom. The summed E-state index contributed by atoms with van der Waals surface area (Å²) >= 11 is 4.72. The maximum Gasteiger partial charge on any atom is 0.370 e. The van der Waals surface area contributed by atoms with Crippen LogP contribution in [0.15, 0.2) is 64.0 Å². The van der Waals surface area contributed by atoms with Gasteiger partial charge in [0.25, 0.3) is 5.82 Å². The van der Waals surface area contributed by atoms with E-state index in [0.29, 0.717) is 21.8 Å². The SMILES string of the molecule is COP(=O)(OC)c1c(SC)c(C#N)c(-c2ccccc2)[n+](-c2ccc(Br)cc2)c1N. The number of nitrogens with zero attached hydrogens (tertiary/aromatic N) is 2. The van der Waals surface area contributed by atoms with Gasteiger partial charge in [0.15, 0.2) is 11.0 Å². The first kappa shape index (κ1) is 22.5. The highest BCUT2D eigenvalue weighted by Crippen LogP contribution is 2.50. The summed E-state index contributed by atoms with van der Waals surface area (Å²) in [5.41, 5.74) is 9.08. The largest absolute Gasteiger partial charge is 0.370 e. The lowest BCUT2D eigenvalue weighted by Gasteiger charge is -2.21. The van der Waals surface area contributed by atoms with Crippen molar-refractivity contribution in [3.8, 4) is 23.0 Å². The minimum atomic E-state index is -3.76. The van der Waals surface area contributed by atoms with Crippen LogP contribution < -0.4 is 15.6 Å². The molecule has 3 rings (SSSR count). The maximum absolute atomic E-state index is 13.4. The smallest absolute Gasteiger partial charge is 0.308 e. The molecule has 0 bridgehead atoms. The molecule has 6 nitrogen and oxygen atoms in total. The van der Waals surface area contributed by atoms with E-state index >= 15 is 0 Å². The molecule has 1 heterocycles. The number of benzene rings is 2. The Balaban J connectivity index is 2.57. The molecular formula is C21H20BrN3O3PS+. The number of nitrogen functional groups attached to an aromatic ring is 1. The van der Waals surface area contributed by atoms with Gasteiger partial charge in [-0.1, -0.05) is 46.3 Å². The number of rotatable bonds is 6. The lowest BCUT2D eigenvalue weighted by Crippen LogP contribution is -2.43. The number of anilines is 1. The molecule has 0 saturated carbocycles. The van der Waals surface area contributed by atoms with Crippen LogP contribution in [-0.4, -0.2) is 20.5 Å². The van der Waals surface area contributed by atoms with Crippen LogP contribution in [0.4, 0.5) is 5.82 Å². The fourth-order valence-electron chi connectivity index (χ4n) is 3.23. The molecular weight excluding hydrogens is 485 g/mol. The van der Waals surface area contributed by atoms with Gasteiger partial charge in [0, 0.05) is 24.3 Å². The molecule has 0 fully saturated rings. The van der Waals surface area contributed by atoms with Crippen molar-refractivity contribution >= 4 is 46.4 Å². The summed E-state index contributed by atoms with van der Waals surface area (Å²) in [6, 6.07) is 19.2. The van der Waals surface area contributed by atoms with Crippen LogP contribution >= 0.6 is 35.3 Å². The van der Waals surface area contributed by atoms with E-state index in [-0.39, 0.29) is 11.1 Å². The van der Waals surface area contributed by atoms with E-state index in [4.69, 9.17) is 14.8 Å². The van der Waals surface area contributed by atoms with Gasteiger partial charge in [-0.15, -0.1) is 11.8 Å². The van der Waals surface area contributed by atoms with E-state index in [1.54, 1.807) is 10.8 Å². The minimum absolute atomic E-state index is 0.180. The van der Waals surface area contributed by atoms with Crippen molar-refractivity contribution in [1.29, 1.82) is 5.26 Å². The molecule has 0 spiro atoms. The molecule has 0 aliphatic rings. The van der Waals surface area contributed by atoms with E-state index in [2.05, 4.69) is 22.0 Å². The normalized spacial score (nSPS) is 11.3. The average Bonchev–Trinajstić information content (AvgIpc) is 2.79. The van der Waals surface area contributed by atoms with Gasteiger partial charge in [-0.25, -0.2) is 0 Å². The molecule has 1 aromatic heterocycles. The van der Waals surface area contributed by atoms with E-state index in [9.17, 15) is 9.83 Å². The van der Waals surface area contributed by atoms with E-state index in [1.165, 1.54) is 26.0 Å². The number of hydrogen-bond acceptors (Lipinski definition) is 6. The Bertz CT molecular complexity index is 1160. The Morgan fingerprint density at radius 1 is 1.10 bits per heavy atom. The number of thioether (sulfide) groups is 1. The van der Waals surface area contributed by atoms with Gasteiger partial charge in [-0.3, -0.25) is 10.3 Å². The Morgan fingerprint density at radius 2 is 1.70 bits per heavy atom. The van der Waals surface area contributed by atoms with Crippen LogP contribution in [0, 0.1) is 11.3 Å². The number of nitrogens with two attached hydrogens (primary N) is 1. The fourth-order valence-corrected chi connectivity index (χ4v) is 6.01. The standard InChI is InChI=1S/C21H19BrN3O3PS/c1-27-29(26,28-2)19-20(30-3)17(13-23)18(14-7-5-4-6-8-14)25(21(19)24)16-11-9-15(22)10-12-16/h4-12,24H,1-3H3/p+1. The van der Waals surface area contributed by atoms with Crippen LogP contribution in [0.25, 0.3) is 16.9 Å². The summed E-state index contributed by atoms with van der Waals surface area (Å²) in [7, 11) is -1.16. The minimum Gasteiger partial charge on any atom is -0.308 e. The second kappa shape index (κ2) is 9.34. The highest BCUT2D eigenvalue weighted by atomic mass is 79.9. The molecule has 9 heteroatoms. The molecule has 3 aromatic rings. The molecule has 0 unspecified atom stereocenters. The molecule has 0 radical (unpaired) electrons. The van der Waals surface area contributed by atoms with Crippen LogP contribution in [0.2, 0.25) is 0 Å². The van der Waals surface area contributed by atoms with Crippen molar-refractivity contribution in [2.75, 3.05) is 26.2 Å². The fraction of sp³-hybridized carbons (Fsp3) is 0.143. The third-order valence-electron chi connectivity index (χ3n) is 4.59. The van der Waals surface area contributed by atoms with Crippen molar-refractivity contribution in [3.05, 3.63) is 64.6 Å². The van der Waals surface area contributed by atoms with E-state index in [0.717, 1.165) is 10.0 Å². The monoisotopic (exact) mass is 504 g/mol. The zero-order chi connectivity index (χ0) is 21.9. The van der Waals surface area contributed by atoms with Crippen LogP contribution in [0.5, 0.6) is 0 Å². The molecule has 0 aliphatic carbocycles. The van der Waals surface area contributed by atoms with Crippen LogP contribution in [0.3, 0.4) is 0 Å². The van der Waals surface area contributed by atoms with E-state index in [1.807, 2.05) is 54.6 Å². The highest BCUT2D eigenvalue weighted by molar-refractivity contribution is 9.10. The summed E-state index contributed by atoms with van der Waals surface area (Å²) in [5, 5.41) is 10.3. The van der Waals surface area contributed by atoms with Crippen molar-refractivity contribution in [2.24, 2.45) is 0 Å². The first-order valence-corrected chi connectivity index (χ1v) is 12.4. The highest BCUT2D eigenvalue weighted by Gasteiger charge is 2.40. The topological polar surface area (TPSA) is 89.2 Å². The first-order chi connectivity index (χ1) is 14.4. The maximum atomic E-state index is 13.4. The molecule has 2 aromatic carbocycles. The predicted molar refractivity (Wildman–Crippen MR) is 123 cm³/mol. The average molecular weight is 505 g/mol. The van der Waals surface area contributed by atoms with E-state index < -0.39 is 7.60 Å². The zero-order valence-electron chi connectivity index (χ0n) is 16.6. The lowest BCUT2D eigenvalue weighted by molar-refractivity contribution is -0.567. The molecule has 30 heavy (non-hydrogen) atoms. The molecule has 0 atom stereocenters. The molecule has 154 valence electrons. The Labute approximate surface area is 188 Å². The van der Waals surface area contributed by atoms with Crippen molar-refractivity contribution in [3.63, 3.8) is 0 Å². The zero-order valence-corrected chi connectivity index (χ0v) is 19.9. The third-order valence-corrected chi connectivity index (χ3v) is 8.05. The summed E-state index contributed by atoms with van der Waals surface area (Å²) in [5.74, 6) is 0.187. The lowest BCUT2D eigenvalue weighted by atomic mass is 10.0. The van der Waals surface area contributed by atoms with Gasteiger partial charge in [0.2, 0.25) is 0 Å². The van der Waals surface area contributed by atoms with Gasteiger partial charge in [0.05, 0.1) is 4.90 Å². The second-order valence-corrected chi connectivity index (χ2v) is 10.0. The summed E-state index contributed by atoms with van der Waals surface area (Å²) in [6.45, 7) is 0. The van der Waals surface area contributed by atoms with Crippen LogP contribution in [0.1, 0.15) is 5.56 Å². The number of hydrogen-bond donors (Lipinski definition) is 1. The van der Waals surface area contributed by atoms with Gasteiger partial charge in [-0.05, 0) is 30.5 Å². The third kappa shape index (κ3) is 3.92. The van der Waals surface area contributed by atoms with Crippen molar-refractivity contribution in [1.82, 2.24) is 0 Å². The van der Waals surface area contributed by atoms with Gasteiger partial charge < -0.3 is 9.05 Å². The molecule has 0 amide bonds. The number of nitriles is 1. The van der Waals surface area contributed by atoms with Gasteiger partial charge >= 0.3 is 7.60 Å². The molecule has 2 N–H and O–H groups in total. The van der Waals surface area contributed by atoms with Crippen LogP contribution in [-0.2, 0) is 13.6 Å². The number of halogens is 1. The predicted octanol–water partition coefficient (Wildman–Crippen LogP) is 4.68. The quantitative estimate of drug-likeness (QED) is 0.297. The summed E-state index contributed by atoms with van der Waals surface area (Å²) < 4.78 is 26.6.